The molecule has 0 bridgehead atoms. The maximum absolute atomic E-state index is 13.6. The molecule has 1 aromatic rings. The van der Waals surface area contributed by atoms with E-state index in [0.717, 1.165) is 41.5 Å². The second-order valence-electron chi connectivity index (χ2n) is 11.2. The molecular weight excluding hydrogens is 415 g/mol. The molecule has 0 aliphatic heterocycles. The number of phenolic OH excluding ortho intramolecular Hbond substituents is 1. The van der Waals surface area contributed by atoms with Gasteiger partial charge in [-0.1, -0.05) is 83.3 Å². The Morgan fingerprint density at radius 1 is 1.00 bits per heavy atom. The molecule has 3 rings (SSSR count). The number of carbonyl (C=O) groups excluding carboxylic acids is 1. The minimum Gasteiger partial charge on any atom is -0.507 e. The summed E-state index contributed by atoms with van der Waals surface area (Å²) in [4.78, 5) is 13.6. The molecule has 0 unspecified atom stereocenters. The molecule has 1 N–H and O–H groups in total. The first-order chi connectivity index (χ1) is 13.7. The molecule has 1 saturated carbocycles. The predicted molar refractivity (Wildman–Crippen MR) is 127 cm³/mol. The van der Waals surface area contributed by atoms with E-state index < -0.39 is 5.41 Å². The highest BCUT2D eigenvalue weighted by Gasteiger charge is 2.46. The van der Waals surface area contributed by atoms with Gasteiger partial charge in [0.2, 0.25) is 0 Å². The van der Waals surface area contributed by atoms with E-state index in [-0.39, 0.29) is 16.6 Å². The fraction of sp³-hybridized carbons (Fsp3) is 0.577. The quantitative estimate of drug-likeness (QED) is 0.512. The van der Waals surface area contributed by atoms with Crippen LogP contribution in [-0.4, -0.2) is 10.9 Å². The molecule has 0 atom stereocenters. The Hall–Kier alpha value is -1.25. The summed E-state index contributed by atoms with van der Waals surface area (Å²) in [7, 11) is 0. The summed E-state index contributed by atoms with van der Waals surface area (Å²) < 4.78 is 0. The average molecular weight is 449 g/mol. The molecule has 1 aromatic carbocycles. The standard InChI is InChI=1S/C26H34Cl2O2/c1-15-11-17(21(28)20(15)27)23(30)26(9-8-10-26)14-16-12-18(24(2,3)4)22(29)19(13-16)25(5,6)7/h12-13,29H,8-11,14H2,1-7H3. The highest BCUT2D eigenvalue weighted by molar-refractivity contribution is 6.46. The van der Waals surface area contributed by atoms with Crippen LogP contribution in [0.1, 0.15) is 90.8 Å². The van der Waals surface area contributed by atoms with Crippen LogP contribution in [0.5, 0.6) is 5.75 Å². The van der Waals surface area contributed by atoms with Crippen LogP contribution in [0.25, 0.3) is 0 Å². The molecule has 164 valence electrons. The normalized spacial score (nSPS) is 19.4. The number of aromatic hydroxyl groups is 1. The zero-order chi connectivity index (χ0) is 22.6. The fourth-order valence-corrected chi connectivity index (χ4v) is 5.15. The summed E-state index contributed by atoms with van der Waals surface area (Å²) in [5, 5.41) is 12.0. The third-order valence-electron chi connectivity index (χ3n) is 6.67. The lowest BCUT2D eigenvalue weighted by molar-refractivity contribution is -0.129. The fourth-order valence-electron chi connectivity index (χ4n) is 4.66. The zero-order valence-corrected chi connectivity index (χ0v) is 20.8. The van der Waals surface area contributed by atoms with E-state index in [0.29, 0.717) is 34.2 Å². The Morgan fingerprint density at radius 3 is 1.83 bits per heavy atom. The zero-order valence-electron chi connectivity index (χ0n) is 19.3. The monoisotopic (exact) mass is 448 g/mol. The van der Waals surface area contributed by atoms with Gasteiger partial charge in [-0.15, -0.1) is 0 Å². The van der Waals surface area contributed by atoms with E-state index in [1.807, 2.05) is 6.92 Å². The summed E-state index contributed by atoms with van der Waals surface area (Å²) in [6.07, 6.45) is 4.00. The van der Waals surface area contributed by atoms with E-state index in [2.05, 4.69) is 53.7 Å². The number of hydrogen-bond acceptors (Lipinski definition) is 2. The molecule has 2 aliphatic carbocycles. The van der Waals surface area contributed by atoms with E-state index >= 15 is 0 Å². The highest BCUT2D eigenvalue weighted by Crippen LogP contribution is 2.51. The molecule has 0 spiro atoms. The van der Waals surface area contributed by atoms with Crippen LogP contribution in [0, 0.1) is 5.41 Å². The third kappa shape index (κ3) is 4.10. The summed E-state index contributed by atoms with van der Waals surface area (Å²) in [5.41, 5.74) is 3.82. The summed E-state index contributed by atoms with van der Waals surface area (Å²) in [6, 6.07) is 4.19. The molecule has 4 heteroatoms. The van der Waals surface area contributed by atoms with E-state index in [9.17, 15) is 9.90 Å². The molecule has 1 fully saturated rings. The minimum atomic E-state index is -0.418. The summed E-state index contributed by atoms with van der Waals surface area (Å²) >= 11 is 12.7. The molecule has 0 aromatic heterocycles. The van der Waals surface area contributed by atoms with Gasteiger partial charge < -0.3 is 5.11 Å². The number of halogens is 2. The van der Waals surface area contributed by atoms with Crippen LogP contribution in [-0.2, 0) is 22.0 Å². The van der Waals surface area contributed by atoms with Crippen molar-refractivity contribution in [2.24, 2.45) is 5.41 Å². The van der Waals surface area contributed by atoms with Gasteiger partial charge in [-0.3, -0.25) is 4.79 Å². The summed E-state index contributed by atoms with van der Waals surface area (Å²) in [6.45, 7) is 14.6. The van der Waals surface area contributed by atoms with Crippen molar-refractivity contribution in [1.82, 2.24) is 0 Å². The number of Topliss-reactive ketones (excluding diaryl/α,β-unsaturated/α-hetero) is 1. The van der Waals surface area contributed by atoms with Crippen molar-refractivity contribution in [3.63, 3.8) is 0 Å². The molecule has 2 aliphatic rings. The minimum absolute atomic E-state index is 0.149. The lowest BCUT2D eigenvalue weighted by Gasteiger charge is -2.41. The molecule has 0 radical (unpaired) electrons. The molecule has 2 nitrogen and oxygen atoms in total. The number of hydrogen-bond donors (Lipinski definition) is 1. The summed E-state index contributed by atoms with van der Waals surface area (Å²) in [5.74, 6) is 0.525. The first-order valence-corrected chi connectivity index (χ1v) is 11.6. The van der Waals surface area contributed by atoms with Crippen LogP contribution < -0.4 is 0 Å². The van der Waals surface area contributed by atoms with E-state index in [1.165, 1.54) is 0 Å². The van der Waals surface area contributed by atoms with Crippen molar-refractivity contribution >= 4 is 29.0 Å². The first-order valence-electron chi connectivity index (χ1n) is 10.8. The molecule has 30 heavy (non-hydrogen) atoms. The van der Waals surface area contributed by atoms with E-state index in [4.69, 9.17) is 23.2 Å². The number of ketones is 1. The highest BCUT2D eigenvalue weighted by atomic mass is 35.5. The smallest absolute Gasteiger partial charge is 0.167 e. The second kappa shape index (κ2) is 7.71. The van der Waals surface area contributed by atoms with Gasteiger partial charge in [-0.2, -0.15) is 0 Å². The van der Waals surface area contributed by atoms with Gasteiger partial charge in [0.1, 0.15) is 5.75 Å². The van der Waals surface area contributed by atoms with Crippen molar-refractivity contribution in [3.05, 3.63) is 50.0 Å². The van der Waals surface area contributed by atoms with Gasteiger partial charge in [-0.05, 0) is 65.7 Å². The van der Waals surface area contributed by atoms with Crippen LogP contribution in [0.2, 0.25) is 0 Å². The molecule has 0 saturated heterocycles. The second-order valence-corrected chi connectivity index (χ2v) is 12.0. The Balaban J connectivity index is 2.03. The van der Waals surface area contributed by atoms with Gasteiger partial charge in [0.05, 0.1) is 10.1 Å². The third-order valence-corrected chi connectivity index (χ3v) is 7.69. The Morgan fingerprint density at radius 2 is 1.50 bits per heavy atom. The number of phenols is 1. The average Bonchev–Trinajstić information content (AvgIpc) is 2.84. The van der Waals surface area contributed by atoms with Crippen LogP contribution in [0.4, 0.5) is 0 Å². The number of carbonyl (C=O) groups is 1. The van der Waals surface area contributed by atoms with Crippen molar-refractivity contribution < 1.29 is 9.90 Å². The van der Waals surface area contributed by atoms with Crippen molar-refractivity contribution in [3.8, 4) is 5.75 Å². The molecular formula is C26H34Cl2O2. The maximum atomic E-state index is 13.6. The van der Waals surface area contributed by atoms with Crippen LogP contribution >= 0.6 is 23.2 Å². The number of allylic oxidation sites excluding steroid dienone is 4. The lowest BCUT2D eigenvalue weighted by atomic mass is 9.61. The number of rotatable bonds is 4. The van der Waals surface area contributed by atoms with E-state index in [1.54, 1.807) is 0 Å². The van der Waals surface area contributed by atoms with Crippen molar-refractivity contribution in [2.45, 2.75) is 91.4 Å². The van der Waals surface area contributed by atoms with Crippen molar-refractivity contribution in [2.75, 3.05) is 0 Å². The van der Waals surface area contributed by atoms with Gasteiger partial charge >= 0.3 is 0 Å². The SMILES string of the molecule is CC1=C(Cl)C(Cl)=C(C(=O)C2(Cc3cc(C(C)(C)C)c(O)c(C(C)(C)C)c3)CCC2)C1. The van der Waals surface area contributed by atoms with Gasteiger partial charge in [0.15, 0.2) is 5.78 Å². The van der Waals surface area contributed by atoms with Gasteiger partial charge in [0.25, 0.3) is 0 Å². The molecule has 0 heterocycles. The predicted octanol–water partition coefficient (Wildman–Crippen LogP) is 7.68. The van der Waals surface area contributed by atoms with Gasteiger partial charge in [-0.25, -0.2) is 0 Å². The van der Waals surface area contributed by atoms with Gasteiger partial charge in [0, 0.05) is 11.0 Å². The Labute approximate surface area is 191 Å². The Kier molecular flexibility index (Phi) is 6.02. The largest absolute Gasteiger partial charge is 0.507 e. The maximum Gasteiger partial charge on any atom is 0.167 e. The number of benzene rings is 1. The van der Waals surface area contributed by atoms with Crippen molar-refractivity contribution in [1.29, 1.82) is 0 Å². The van der Waals surface area contributed by atoms with Crippen LogP contribution in [0.15, 0.2) is 33.3 Å². The van der Waals surface area contributed by atoms with Crippen LogP contribution in [0.3, 0.4) is 0 Å². The first kappa shape index (κ1) is 23.4. The topological polar surface area (TPSA) is 37.3 Å². The Bertz CT molecular complexity index is 913. The molecule has 0 amide bonds. The lowest BCUT2D eigenvalue weighted by Crippen LogP contribution is -2.41.